The van der Waals surface area contributed by atoms with E-state index in [1.165, 1.54) is 32.7 Å². The minimum atomic E-state index is 0.609. The van der Waals surface area contributed by atoms with Gasteiger partial charge in [0.25, 0.3) is 0 Å². The third kappa shape index (κ3) is 5.68. The maximum absolute atomic E-state index is 5.35. The van der Waals surface area contributed by atoms with Crippen molar-refractivity contribution in [3.8, 4) is 62.1 Å². The predicted molar refractivity (Wildman–Crippen MR) is 265 cm³/mol. The molecule has 1 aliphatic heterocycles. The first-order chi connectivity index (χ1) is 31.7. The van der Waals surface area contributed by atoms with E-state index in [2.05, 4.69) is 228 Å². The molecular weight excluding hydrogens is 779 g/mol. The standard InChI is InChI=1S/C59H37N5/c1-3-15-38(16-4-1)42-20-11-21-43(37-42)58-60-57(61-59(62-58)49-27-14-30-52-56(49)47-25-9-10-28-50(47)63(52)44-22-5-2-6-23-44)41-31-34-45(35-32-41)64-51-29-13-19-40-18-12-26-48(54(40)51)55-46-24-8-7-17-39(46)33-36-53(55)64/h1-37H. The Kier molecular flexibility index (Phi) is 8.15. The monoisotopic (exact) mass is 815 g/mol. The molecule has 298 valence electrons. The molecule has 2 aromatic heterocycles. The lowest BCUT2D eigenvalue weighted by atomic mass is 9.87. The topological polar surface area (TPSA) is 46.8 Å². The van der Waals surface area contributed by atoms with Gasteiger partial charge in [-0.05, 0) is 99.6 Å². The first-order valence-electron chi connectivity index (χ1n) is 21.7. The minimum absolute atomic E-state index is 0.609. The van der Waals surface area contributed by atoms with Crippen molar-refractivity contribution in [1.29, 1.82) is 0 Å². The summed E-state index contributed by atoms with van der Waals surface area (Å²) in [7, 11) is 0. The van der Waals surface area contributed by atoms with Gasteiger partial charge in [-0.2, -0.15) is 0 Å². The SMILES string of the molecule is c1ccc(-c2cccc(-c3nc(-c4ccc(N5c6ccc7ccccc7c6-c6cccc7cccc5c67)cc4)nc(-c4cccc5c4c4ccccc4n5-c4ccccc4)n3)c2)cc1. The fourth-order valence-corrected chi connectivity index (χ4v) is 9.90. The predicted octanol–water partition coefficient (Wildman–Crippen LogP) is 15.4. The lowest BCUT2D eigenvalue weighted by Crippen LogP contribution is -2.15. The molecule has 5 heteroatoms. The Morgan fingerprint density at radius 2 is 0.922 bits per heavy atom. The van der Waals surface area contributed by atoms with Crippen molar-refractivity contribution in [3.63, 3.8) is 0 Å². The zero-order valence-electron chi connectivity index (χ0n) is 34.6. The molecular formula is C59H37N5. The van der Waals surface area contributed by atoms with Crippen LogP contribution in [0.4, 0.5) is 17.1 Å². The van der Waals surface area contributed by atoms with Crippen molar-refractivity contribution < 1.29 is 0 Å². The van der Waals surface area contributed by atoms with Gasteiger partial charge in [0.15, 0.2) is 17.5 Å². The summed E-state index contributed by atoms with van der Waals surface area (Å²) in [5.74, 6) is 1.85. The van der Waals surface area contributed by atoms with Crippen LogP contribution < -0.4 is 4.90 Å². The Hall–Kier alpha value is -8.67. The lowest BCUT2D eigenvalue weighted by Gasteiger charge is -2.34. The van der Waals surface area contributed by atoms with Gasteiger partial charge in [0.2, 0.25) is 0 Å². The summed E-state index contributed by atoms with van der Waals surface area (Å²) < 4.78 is 2.33. The van der Waals surface area contributed by atoms with Crippen LogP contribution >= 0.6 is 0 Å². The molecule has 0 radical (unpaired) electrons. The zero-order chi connectivity index (χ0) is 42.1. The fourth-order valence-electron chi connectivity index (χ4n) is 9.90. The van der Waals surface area contributed by atoms with Gasteiger partial charge in [0.05, 0.1) is 22.4 Å². The van der Waals surface area contributed by atoms with Gasteiger partial charge < -0.3 is 9.47 Å². The minimum Gasteiger partial charge on any atom is -0.309 e. The van der Waals surface area contributed by atoms with Crippen molar-refractivity contribution in [3.05, 3.63) is 224 Å². The number of aromatic nitrogens is 4. The molecule has 13 rings (SSSR count). The normalized spacial score (nSPS) is 12.0. The van der Waals surface area contributed by atoms with Gasteiger partial charge in [-0.25, -0.2) is 15.0 Å². The summed E-state index contributed by atoms with van der Waals surface area (Å²) in [5, 5.41) is 7.19. The van der Waals surface area contributed by atoms with Crippen LogP contribution in [0.5, 0.6) is 0 Å². The van der Waals surface area contributed by atoms with Crippen LogP contribution in [0.3, 0.4) is 0 Å². The highest BCUT2D eigenvalue weighted by Gasteiger charge is 2.28. The Labute approximate surface area is 369 Å². The van der Waals surface area contributed by atoms with Crippen molar-refractivity contribution in [1.82, 2.24) is 19.5 Å². The second kappa shape index (κ2) is 14.5. The second-order valence-corrected chi connectivity index (χ2v) is 16.4. The van der Waals surface area contributed by atoms with E-state index in [4.69, 9.17) is 15.0 Å². The van der Waals surface area contributed by atoms with E-state index in [9.17, 15) is 0 Å². The summed E-state index contributed by atoms with van der Waals surface area (Å²) in [6, 6.07) is 79.7. The number of hydrogen-bond acceptors (Lipinski definition) is 4. The van der Waals surface area contributed by atoms with Crippen LogP contribution in [-0.2, 0) is 0 Å². The first-order valence-corrected chi connectivity index (χ1v) is 21.7. The molecule has 3 heterocycles. The van der Waals surface area contributed by atoms with Crippen molar-refractivity contribution >= 4 is 60.4 Å². The molecule has 0 N–H and O–H groups in total. The van der Waals surface area contributed by atoms with E-state index in [-0.39, 0.29) is 0 Å². The second-order valence-electron chi connectivity index (χ2n) is 16.4. The van der Waals surface area contributed by atoms with Crippen LogP contribution in [0, 0.1) is 0 Å². The van der Waals surface area contributed by atoms with Crippen LogP contribution in [-0.4, -0.2) is 19.5 Å². The third-order valence-electron chi connectivity index (χ3n) is 12.7. The Bertz CT molecular complexity index is 3770. The quantitative estimate of drug-likeness (QED) is 0.168. The van der Waals surface area contributed by atoms with E-state index < -0.39 is 0 Å². The van der Waals surface area contributed by atoms with Crippen molar-refractivity contribution in [2.75, 3.05) is 4.90 Å². The summed E-state index contributed by atoms with van der Waals surface area (Å²) in [6.45, 7) is 0. The molecule has 12 aromatic rings. The molecule has 64 heavy (non-hydrogen) atoms. The van der Waals surface area contributed by atoms with Gasteiger partial charge in [0.1, 0.15) is 0 Å². The van der Waals surface area contributed by atoms with E-state index in [0.29, 0.717) is 17.5 Å². The number of benzene rings is 10. The van der Waals surface area contributed by atoms with Gasteiger partial charge in [-0.3, -0.25) is 0 Å². The van der Waals surface area contributed by atoms with Gasteiger partial charge in [0, 0.05) is 49.8 Å². The molecule has 0 bridgehead atoms. The van der Waals surface area contributed by atoms with E-state index in [1.54, 1.807) is 0 Å². The van der Waals surface area contributed by atoms with Crippen LogP contribution in [0.15, 0.2) is 224 Å². The molecule has 0 unspecified atom stereocenters. The largest absolute Gasteiger partial charge is 0.309 e. The number of anilines is 3. The molecule has 0 saturated heterocycles. The molecule has 0 saturated carbocycles. The summed E-state index contributed by atoms with van der Waals surface area (Å²) in [6.07, 6.45) is 0. The first kappa shape index (κ1) is 36.0. The van der Waals surface area contributed by atoms with Gasteiger partial charge in [-0.1, -0.05) is 158 Å². The van der Waals surface area contributed by atoms with Gasteiger partial charge in [-0.15, -0.1) is 0 Å². The maximum atomic E-state index is 5.35. The Morgan fingerprint density at radius 3 is 1.77 bits per heavy atom. The van der Waals surface area contributed by atoms with E-state index in [1.807, 2.05) is 6.07 Å². The van der Waals surface area contributed by atoms with Crippen molar-refractivity contribution in [2.45, 2.75) is 0 Å². The molecule has 0 spiro atoms. The smallest absolute Gasteiger partial charge is 0.164 e. The Balaban J connectivity index is 1.00. The highest BCUT2D eigenvalue weighted by Crippen LogP contribution is 2.53. The fraction of sp³-hybridized carbons (Fsp3) is 0. The van der Waals surface area contributed by atoms with E-state index in [0.717, 1.165) is 72.4 Å². The van der Waals surface area contributed by atoms with E-state index >= 15 is 0 Å². The summed E-state index contributed by atoms with van der Waals surface area (Å²) in [5.41, 5.74) is 14.2. The molecule has 10 aromatic carbocycles. The summed E-state index contributed by atoms with van der Waals surface area (Å²) >= 11 is 0. The number of fused-ring (bicyclic) bond motifs is 7. The van der Waals surface area contributed by atoms with Crippen LogP contribution in [0.2, 0.25) is 0 Å². The highest BCUT2D eigenvalue weighted by molar-refractivity contribution is 6.19. The Morgan fingerprint density at radius 1 is 0.312 bits per heavy atom. The van der Waals surface area contributed by atoms with Crippen LogP contribution in [0.25, 0.3) is 105 Å². The molecule has 0 aliphatic carbocycles. The average Bonchev–Trinajstić information content (AvgIpc) is 3.71. The number of rotatable bonds is 6. The van der Waals surface area contributed by atoms with Crippen LogP contribution in [0.1, 0.15) is 0 Å². The molecule has 0 fully saturated rings. The molecule has 0 atom stereocenters. The lowest BCUT2D eigenvalue weighted by molar-refractivity contribution is 1.08. The maximum Gasteiger partial charge on any atom is 0.164 e. The average molecular weight is 816 g/mol. The summed E-state index contributed by atoms with van der Waals surface area (Å²) in [4.78, 5) is 18.3. The number of para-hydroxylation sites is 2. The number of hydrogen-bond donors (Lipinski definition) is 0. The zero-order valence-corrected chi connectivity index (χ0v) is 34.6. The molecule has 0 amide bonds. The molecule has 1 aliphatic rings. The van der Waals surface area contributed by atoms with Gasteiger partial charge >= 0.3 is 0 Å². The molecule has 5 nitrogen and oxygen atoms in total. The third-order valence-corrected chi connectivity index (χ3v) is 12.7. The van der Waals surface area contributed by atoms with Crippen molar-refractivity contribution in [2.24, 2.45) is 0 Å². The highest BCUT2D eigenvalue weighted by atomic mass is 15.2. The number of nitrogens with zero attached hydrogens (tertiary/aromatic N) is 5.